The summed E-state index contributed by atoms with van der Waals surface area (Å²) in [6, 6.07) is 14.5. The first-order chi connectivity index (χ1) is 11.8. The number of hydrogen-bond acceptors (Lipinski definition) is 6. The van der Waals surface area contributed by atoms with Crippen LogP contribution in [0.5, 0.6) is 0 Å². The normalized spacial score (nSPS) is 13.9. The third kappa shape index (κ3) is 5.38. The van der Waals surface area contributed by atoms with Crippen LogP contribution in [0.4, 0.5) is 0 Å². The van der Waals surface area contributed by atoms with E-state index in [1.54, 1.807) is 42.5 Å². The van der Waals surface area contributed by atoms with Gasteiger partial charge in [0.2, 0.25) is 0 Å². The molecule has 2 aromatic rings. The van der Waals surface area contributed by atoms with E-state index in [1.165, 1.54) is 19.1 Å². The zero-order valence-electron chi connectivity index (χ0n) is 14.0. The van der Waals surface area contributed by atoms with Gasteiger partial charge in [0.1, 0.15) is 12.2 Å². The number of aliphatic hydroxyl groups is 1. The second-order valence-electron chi connectivity index (χ2n) is 5.60. The molecule has 25 heavy (non-hydrogen) atoms. The molecule has 0 aliphatic carbocycles. The molecule has 0 saturated heterocycles. The molecule has 0 unspecified atom stereocenters. The van der Waals surface area contributed by atoms with Gasteiger partial charge in [-0.2, -0.15) is 8.42 Å². The van der Waals surface area contributed by atoms with Crippen LogP contribution in [0.25, 0.3) is 0 Å². The van der Waals surface area contributed by atoms with Crippen molar-refractivity contribution in [2.24, 2.45) is 0 Å². The quantitative estimate of drug-likeness (QED) is 0.599. The number of benzene rings is 2. The Morgan fingerprint density at radius 1 is 1.08 bits per heavy atom. The maximum atomic E-state index is 12.1. The molecule has 0 spiro atoms. The van der Waals surface area contributed by atoms with Crippen LogP contribution in [-0.2, 0) is 19.0 Å². The molecule has 134 valence electrons. The average Bonchev–Trinajstić information content (AvgIpc) is 2.60. The van der Waals surface area contributed by atoms with Crippen molar-refractivity contribution in [3.05, 3.63) is 65.7 Å². The second kappa shape index (κ2) is 8.24. The highest BCUT2D eigenvalue weighted by molar-refractivity contribution is 7.86. The standard InChI is InChI=1S/C18H20O6S/c1-13-8-10-16(11-9-13)25(21,22)23-12-17(19)14(2)24-18(20)15-6-4-3-5-7-15/h3-11,14,17,19H,12H2,1-2H3/t14-,17+/m0/s1. The monoisotopic (exact) mass is 364 g/mol. The van der Waals surface area contributed by atoms with Gasteiger partial charge in [-0.25, -0.2) is 4.79 Å². The molecule has 1 N–H and O–H groups in total. The van der Waals surface area contributed by atoms with Crippen LogP contribution in [0.1, 0.15) is 22.8 Å². The lowest BCUT2D eigenvalue weighted by molar-refractivity contribution is -0.0246. The first-order valence-electron chi connectivity index (χ1n) is 7.70. The Balaban J connectivity index is 1.91. The summed E-state index contributed by atoms with van der Waals surface area (Å²) < 4.78 is 34.1. The molecule has 0 aliphatic rings. The molecule has 0 radical (unpaired) electrons. The van der Waals surface area contributed by atoms with E-state index in [9.17, 15) is 18.3 Å². The van der Waals surface area contributed by atoms with Gasteiger partial charge in [-0.3, -0.25) is 4.18 Å². The number of esters is 1. The number of carbonyl (C=O) groups excluding carboxylic acids is 1. The summed E-state index contributed by atoms with van der Waals surface area (Å²) in [7, 11) is -3.99. The first kappa shape index (κ1) is 19.1. The van der Waals surface area contributed by atoms with Gasteiger partial charge in [-0.1, -0.05) is 35.9 Å². The second-order valence-corrected chi connectivity index (χ2v) is 7.21. The number of aliphatic hydroxyl groups excluding tert-OH is 1. The van der Waals surface area contributed by atoms with E-state index in [4.69, 9.17) is 8.92 Å². The Morgan fingerprint density at radius 2 is 1.68 bits per heavy atom. The lowest BCUT2D eigenvalue weighted by Gasteiger charge is -2.19. The summed E-state index contributed by atoms with van der Waals surface area (Å²) in [5.41, 5.74) is 1.26. The summed E-state index contributed by atoms with van der Waals surface area (Å²) in [4.78, 5) is 11.9. The van der Waals surface area contributed by atoms with Crippen LogP contribution in [0.3, 0.4) is 0 Å². The largest absolute Gasteiger partial charge is 0.456 e. The van der Waals surface area contributed by atoms with Crippen LogP contribution in [0, 0.1) is 6.92 Å². The first-order valence-corrected chi connectivity index (χ1v) is 9.10. The number of ether oxygens (including phenoxy) is 1. The molecule has 0 bridgehead atoms. The molecule has 0 aromatic heterocycles. The number of rotatable bonds is 7. The van der Waals surface area contributed by atoms with Crippen LogP contribution in [-0.4, -0.2) is 38.3 Å². The Morgan fingerprint density at radius 3 is 2.28 bits per heavy atom. The van der Waals surface area contributed by atoms with Crippen molar-refractivity contribution in [3.63, 3.8) is 0 Å². The Bertz CT molecular complexity index is 799. The van der Waals surface area contributed by atoms with Crippen LogP contribution < -0.4 is 0 Å². The highest BCUT2D eigenvalue weighted by atomic mass is 32.2. The fourth-order valence-electron chi connectivity index (χ4n) is 1.96. The Hall–Kier alpha value is -2.22. The van der Waals surface area contributed by atoms with Crippen LogP contribution in [0.15, 0.2) is 59.5 Å². The van der Waals surface area contributed by atoms with Gasteiger partial charge in [-0.15, -0.1) is 0 Å². The number of carbonyl (C=O) groups is 1. The molecule has 7 heteroatoms. The maximum Gasteiger partial charge on any atom is 0.338 e. The van der Waals surface area contributed by atoms with E-state index in [-0.39, 0.29) is 4.90 Å². The summed E-state index contributed by atoms with van der Waals surface area (Å²) in [5.74, 6) is -0.603. The fraction of sp³-hybridized carbons (Fsp3) is 0.278. The van der Waals surface area contributed by atoms with Crippen molar-refractivity contribution in [1.29, 1.82) is 0 Å². The van der Waals surface area contributed by atoms with Gasteiger partial charge in [0, 0.05) is 0 Å². The average molecular weight is 364 g/mol. The van der Waals surface area contributed by atoms with Crippen molar-refractivity contribution in [2.45, 2.75) is 31.0 Å². The predicted molar refractivity (Wildman–Crippen MR) is 91.6 cm³/mol. The Labute approximate surface area is 147 Å². The van der Waals surface area contributed by atoms with E-state index in [0.717, 1.165) is 5.56 Å². The summed E-state index contributed by atoms with van der Waals surface area (Å²) in [5, 5.41) is 10.0. The molecule has 0 heterocycles. The minimum Gasteiger partial charge on any atom is -0.456 e. The van der Waals surface area contributed by atoms with Gasteiger partial charge in [0.25, 0.3) is 10.1 Å². The van der Waals surface area contributed by atoms with E-state index in [1.807, 2.05) is 6.92 Å². The molecular formula is C18H20O6S. The molecular weight excluding hydrogens is 344 g/mol. The fourth-order valence-corrected chi connectivity index (χ4v) is 2.88. The minimum absolute atomic E-state index is 0.000710. The molecule has 2 rings (SSSR count). The van der Waals surface area contributed by atoms with Gasteiger partial charge < -0.3 is 9.84 Å². The topological polar surface area (TPSA) is 89.9 Å². The maximum absolute atomic E-state index is 12.1. The minimum atomic E-state index is -3.99. The Kier molecular flexibility index (Phi) is 6.30. The third-order valence-corrected chi connectivity index (χ3v) is 4.84. The lowest BCUT2D eigenvalue weighted by atomic mass is 10.2. The van der Waals surface area contributed by atoms with Crippen molar-refractivity contribution in [1.82, 2.24) is 0 Å². The molecule has 6 nitrogen and oxygen atoms in total. The van der Waals surface area contributed by atoms with Gasteiger partial charge >= 0.3 is 5.97 Å². The number of aryl methyl sites for hydroxylation is 1. The summed E-state index contributed by atoms with van der Waals surface area (Å²) in [6.07, 6.45) is -2.21. The van der Waals surface area contributed by atoms with Gasteiger partial charge in [-0.05, 0) is 38.1 Å². The highest BCUT2D eigenvalue weighted by Crippen LogP contribution is 2.14. The predicted octanol–water partition coefficient (Wildman–Crippen LogP) is 2.31. The van der Waals surface area contributed by atoms with Crippen LogP contribution >= 0.6 is 0 Å². The molecule has 0 fully saturated rings. The zero-order valence-corrected chi connectivity index (χ0v) is 14.8. The van der Waals surface area contributed by atoms with E-state index >= 15 is 0 Å². The van der Waals surface area contributed by atoms with Crippen molar-refractivity contribution < 1.29 is 27.2 Å². The van der Waals surface area contributed by atoms with Crippen molar-refractivity contribution in [3.8, 4) is 0 Å². The highest BCUT2D eigenvalue weighted by Gasteiger charge is 2.23. The molecule has 2 aromatic carbocycles. The van der Waals surface area contributed by atoms with Crippen molar-refractivity contribution in [2.75, 3.05) is 6.61 Å². The summed E-state index contributed by atoms with van der Waals surface area (Å²) in [6.45, 7) is 2.79. The number of hydrogen-bond donors (Lipinski definition) is 1. The van der Waals surface area contributed by atoms with E-state index < -0.39 is 34.9 Å². The SMILES string of the molecule is Cc1ccc(S(=O)(=O)OC[C@@H](O)[C@H](C)OC(=O)c2ccccc2)cc1. The molecule has 2 atom stereocenters. The van der Waals surface area contributed by atoms with Gasteiger partial charge in [0.15, 0.2) is 0 Å². The molecule has 0 aliphatic heterocycles. The van der Waals surface area contributed by atoms with Crippen LogP contribution in [0.2, 0.25) is 0 Å². The van der Waals surface area contributed by atoms with E-state index in [0.29, 0.717) is 5.56 Å². The van der Waals surface area contributed by atoms with Crippen molar-refractivity contribution >= 4 is 16.1 Å². The molecule has 0 saturated carbocycles. The lowest BCUT2D eigenvalue weighted by Crippen LogP contribution is -2.33. The molecule has 0 amide bonds. The smallest absolute Gasteiger partial charge is 0.338 e. The third-order valence-electron chi connectivity index (χ3n) is 3.55. The zero-order chi connectivity index (χ0) is 18.4. The van der Waals surface area contributed by atoms with E-state index in [2.05, 4.69) is 0 Å². The summed E-state index contributed by atoms with van der Waals surface area (Å²) >= 11 is 0. The van der Waals surface area contributed by atoms with Gasteiger partial charge in [0.05, 0.1) is 17.1 Å².